The molecular formula is C19H23N5O. The average molecular weight is 337 g/mol. The van der Waals surface area contributed by atoms with Crippen LogP contribution < -0.4 is 5.56 Å². The second-order valence-corrected chi connectivity index (χ2v) is 6.82. The van der Waals surface area contributed by atoms with Crippen molar-refractivity contribution in [1.29, 1.82) is 0 Å². The van der Waals surface area contributed by atoms with Gasteiger partial charge in [-0.2, -0.15) is 5.10 Å². The Balaban J connectivity index is 1.52. The van der Waals surface area contributed by atoms with Gasteiger partial charge in [-0.05, 0) is 38.4 Å². The van der Waals surface area contributed by atoms with Crippen LogP contribution in [-0.4, -0.2) is 37.8 Å². The molecule has 6 nitrogen and oxygen atoms in total. The smallest absolute Gasteiger partial charge is 0.261 e. The minimum atomic E-state index is 0.0321. The van der Waals surface area contributed by atoms with Crippen LogP contribution in [0.2, 0.25) is 0 Å². The molecule has 1 aromatic carbocycles. The Hall–Kier alpha value is -2.47. The first-order chi connectivity index (χ1) is 12.1. The lowest BCUT2D eigenvalue weighted by atomic mass is 9.92. The predicted octanol–water partition coefficient (Wildman–Crippen LogP) is 2.14. The van der Waals surface area contributed by atoms with Crippen molar-refractivity contribution in [2.24, 2.45) is 7.05 Å². The molecule has 0 bridgehead atoms. The van der Waals surface area contributed by atoms with Crippen LogP contribution in [0.1, 0.15) is 30.1 Å². The first-order valence-corrected chi connectivity index (χ1v) is 8.80. The molecule has 2 heterocycles. The summed E-state index contributed by atoms with van der Waals surface area (Å²) in [6, 6.07) is 7.88. The van der Waals surface area contributed by atoms with Gasteiger partial charge >= 0.3 is 0 Å². The van der Waals surface area contributed by atoms with Crippen LogP contribution >= 0.6 is 0 Å². The number of rotatable bonds is 4. The highest BCUT2D eigenvalue weighted by molar-refractivity contribution is 5.76. The number of likely N-dealkylation sites (N-methyl/N-ethyl adjacent to an activating group) is 1. The molecule has 1 atom stereocenters. The lowest BCUT2D eigenvalue weighted by Crippen LogP contribution is -2.33. The molecule has 3 aromatic rings. The minimum absolute atomic E-state index is 0.0321. The summed E-state index contributed by atoms with van der Waals surface area (Å²) >= 11 is 0. The topological polar surface area (TPSA) is 56.0 Å². The molecule has 130 valence electrons. The molecule has 2 aromatic heterocycles. The molecule has 1 aliphatic rings. The van der Waals surface area contributed by atoms with Crippen molar-refractivity contribution < 1.29 is 0 Å². The Labute approximate surface area is 146 Å². The highest BCUT2D eigenvalue weighted by atomic mass is 16.1. The monoisotopic (exact) mass is 337 g/mol. The zero-order chi connectivity index (χ0) is 17.4. The Morgan fingerprint density at radius 3 is 3.04 bits per heavy atom. The van der Waals surface area contributed by atoms with Gasteiger partial charge in [-0.1, -0.05) is 12.1 Å². The van der Waals surface area contributed by atoms with Gasteiger partial charge in [0, 0.05) is 37.4 Å². The van der Waals surface area contributed by atoms with Gasteiger partial charge in [0.25, 0.3) is 5.56 Å². The van der Waals surface area contributed by atoms with E-state index in [1.807, 2.05) is 42.2 Å². The van der Waals surface area contributed by atoms with Gasteiger partial charge in [0.2, 0.25) is 0 Å². The normalized spacial score (nSPS) is 17.2. The van der Waals surface area contributed by atoms with Crippen LogP contribution in [0.15, 0.2) is 41.6 Å². The van der Waals surface area contributed by atoms with Crippen molar-refractivity contribution in [1.82, 2.24) is 24.2 Å². The third-order valence-corrected chi connectivity index (χ3v) is 5.30. The summed E-state index contributed by atoms with van der Waals surface area (Å²) in [5, 5.41) is 5.10. The summed E-state index contributed by atoms with van der Waals surface area (Å²) in [4.78, 5) is 19.3. The van der Waals surface area contributed by atoms with Gasteiger partial charge in [0.15, 0.2) is 0 Å². The first-order valence-electron chi connectivity index (χ1n) is 8.80. The average Bonchev–Trinajstić information content (AvgIpc) is 3.02. The van der Waals surface area contributed by atoms with Gasteiger partial charge in [-0.15, -0.1) is 0 Å². The maximum Gasteiger partial charge on any atom is 0.261 e. The molecule has 0 fully saturated rings. The fraction of sp³-hybridized carbons (Fsp3) is 0.421. The molecule has 0 saturated carbocycles. The highest BCUT2D eigenvalue weighted by Crippen LogP contribution is 2.32. The zero-order valence-corrected chi connectivity index (χ0v) is 14.7. The van der Waals surface area contributed by atoms with Crippen LogP contribution in [0.3, 0.4) is 0 Å². The Kier molecular flexibility index (Phi) is 4.13. The van der Waals surface area contributed by atoms with Gasteiger partial charge in [-0.3, -0.25) is 18.9 Å². The molecule has 0 N–H and O–H groups in total. The molecule has 0 radical (unpaired) electrons. The van der Waals surface area contributed by atoms with Gasteiger partial charge in [0.05, 0.1) is 23.4 Å². The van der Waals surface area contributed by atoms with Gasteiger partial charge in [-0.25, -0.2) is 4.98 Å². The number of hydrogen-bond donors (Lipinski definition) is 0. The number of fused-ring (bicyclic) bond motifs is 2. The molecule has 6 heteroatoms. The van der Waals surface area contributed by atoms with E-state index in [-0.39, 0.29) is 5.56 Å². The van der Waals surface area contributed by atoms with E-state index in [4.69, 9.17) is 0 Å². The van der Waals surface area contributed by atoms with E-state index in [1.165, 1.54) is 17.7 Å². The van der Waals surface area contributed by atoms with Gasteiger partial charge < -0.3 is 0 Å². The van der Waals surface area contributed by atoms with Gasteiger partial charge in [0.1, 0.15) is 0 Å². The Bertz CT molecular complexity index is 958. The first kappa shape index (κ1) is 16.0. The molecular weight excluding hydrogens is 314 g/mol. The van der Waals surface area contributed by atoms with E-state index >= 15 is 0 Å². The second kappa shape index (κ2) is 6.44. The maximum absolute atomic E-state index is 12.6. The molecule has 0 saturated heterocycles. The van der Waals surface area contributed by atoms with E-state index in [1.54, 1.807) is 10.9 Å². The number of aromatic nitrogens is 4. The zero-order valence-electron chi connectivity index (χ0n) is 14.7. The molecule has 25 heavy (non-hydrogen) atoms. The summed E-state index contributed by atoms with van der Waals surface area (Å²) in [5.74, 6) is 0. The van der Waals surface area contributed by atoms with Crippen LogP contribution in [0.5, 0.6) is 0 Å². The Morgan fingerprint density at radius 2 is 2.16 bits per heavy atom. The number of para-hydroxylation sites is 1. The SMILES string of the molecule is CN(CCn1cnc2ccccc2c1=O)C1CCCc2c1cnn2C. The van der Waals surface area contributed by atoms with Crippen molar-refractivity contribution in [3.8, 4) is 0 Å². The van der Waals surface area contributed by atoms with E-state index in [0.717, 1.165) is 24.9 Å². The maximum atomic E-state index is 12.6. The van der Waals surface area contributed by atoms with Crippen molar-refractivity contribution in [2.45, 2.75) is 31.8 Å². The number of benzene rings is 1. The molecule has 1 unspecified atom stereocenters. The molecule has 0 aliphatic heterocycles. The lowest BCUT2D eigenvalue weighted by Gasteiger charge is -2.31. The lowest BCUT2D eigenvalue weighted by molar-refractivity contribution is 0.212. The number of aryl methyl sites for hydroxylation is 1. The summed E-state index contributed by atoms with van der Waals surface area (Å²) < 4.78 is 3.71. The summed E-state index contributed by atoms with van der Waals surface area (Å²) in [6.45, 7) is 1.44. The summed E-state index contributed by atoms with van der Waals surface area (Å²) in [7, 11) is 4.15. The van der Waals surface area contributed by atoms with Crippen molar-refractivity contribution >= 4 is 10.9 Å². The highest BCUT2D eigenvalue weighted by Gasteiger charge is 2.26. The van der Waals surface area contributed by atoms with Crippen LogP contribution in [0, 0.1) is 0 Å². The molecule has 0 amide bonds. The quantitative estimate of drug-likeness (QED) is 0.732. The van der Waals surface area contributed by atoms with Crippen molar-refractivity contribution in [3.63, 3.8) is 0 Å². The van der Waals surface area contributed by atoms with E-state index < -0.39 is 0 Å². The minimum Gasteiger partial charge on any atom is -0.297 e. The second-order valence-electron chi connectivity index (χ2n) is 6.82. The predicted molar refractivity (Wildman–Crippen MR) is 97.5 cm³/mol. The third-order valence-electron chi connectivity index (χ3n) is 5.30. The number of nitrogens with zero attached hydrogens (tertiary/aromatic N) is 5. The van der Waals surface area contributed by atoms with E-state index in [0.29, 0.717) is 18.0 Å². The van der Waals surface area contributed by atoms with E-state index in [9.17, 15) is 4.79 Å². The molecule has 4 rings (SSSR count). The summed E-state index contributed by atoms with van der Waals surface area (Å²) in [5.41, 5.74) is 3.46. The standard InChI is InChI=1S/C19H23N5O/c1-22(17-8-5-9-18-15(17)12-21-23(18)2)10-11-24-13-20-16-7-4-3-6-14(16)19(24)25/h3-4,6-7,12-13,17H,5,8-11H2,1-2H3. The van der Waals surface area contributed by atoms with Crippen molar-refractivity contribution in [3.05, 3.63) is 58.4 Å². The van der Waals surface area contributed by atoms with E-state index in [2.05, 4.69) is 22.0 Å². The van der Waals surface area contributed by atoms with Crippen molar-refractivity contribution in [2.75, 3.05) is 13.6 Å². The molecule has 1 aliphatic carbocycles. The van der Waals surface area contributed by atoms with Crippen LogP contribution in [-0.2, 0) is 20.0 Å². The third kappa shape index (κ3) is 2.87. The fourth-order valence-electron chi connectivity index (χ4n) is 3.83. The number of hydrogen-bond acceptors (Lipinski definition) is 4. The van der Waals surface area contributed by atoms with Crippen LogP contribution in [0.25, 0.3) is 10.9 Å². The summed E-state index contributed by atoms with van der Waals surface area (Å²) in [6.07, 6.45) is 7.08. The Morgan fingerprint density at radius 1 is 1.32 bits per heavy atom. The van der Waals surface area contributed by atoms with Crippen LogP contribution in [0.4, 0.5) is 0 Å². The molecule has 0 spiro atoms. The largest absolute Gasteiger partial charge is 0.297 e. The fourth-order valence-corrected chi connectivity index (χ4v) is 3.83.